The van der Waals surface area contributed by atoms with E-state index in [4.69, 9.17) is 9.47 Å². The number of ether oxygens (including phenoxy) is 2. The van der Waals surface area contributed by atoms with Crippen LogP contribution in [0.5, 0.6) is 5.75 Å². The molecule has 1 amide bonds. The zero-order valence-corrected chi connectivity index (χ0v) is 13.4. The van der Waals surface area contributed by atoms with Crippen molar-refractivity contribution in [2.75, 3.05) is 32.4 Å². The number of nitrogens with zero attached hydrogens (tertiary/aromatic N) is 3. The number of carbonyl (C=O) groups is 1. The molecule has 6 nitrogen and oxygen atoms in total. The number of aliphatic imine (C=N–C) groups is 1. The highest BCUT2D eigenvalue weighted by Crippen LogP contribution is 2.26. The maximum Gasteiger partial charge on any atom is 0.261 e. The van der Waals surface area contributed by atoms with Crippen molar-refractivity contribution in [1.82, 2.24) is 0 Å². The van der Waals surface area contributed by atoms with Crippen molar-refractivity contribution in [3.63, 3.8) is 0 Å². The molecule has 1 aromatic rings. The van der Waals surface area contributed by atoms with E-state index < -0.39 is 0 Å². The van der Waals surface area contributed by atoms with Crippen molar-refractivity contribution in [1.29, 1.82) is 0 Å². The smallest absolute Gasteiger partial charge is 0.261 e. The van der Waals surface area contributed by atoms with Crippen LogP contribution in [0.15, 0.2) is 34.4 Å². The van der Waals surface area contributed by atoms with E-state index in [1.54, 1.807) is 26.4 Å². The molecule has 0 saturated carbocycles. The van der Waals surface area contributed by atoms with Crippen LogP contribution in [-0.2, 0) is 9.53 Å². The number of methoxy groups -OCH3 is 2. The zero-order valence-electron chi connectivity index (χ0n) is 13.4. The highest BCUT2D eigenvalue weighted by Gasteiger charge is 2.36. The Labute approximate surface area is 130 Å². The van der Waals surface area contributed by atoms with Crippen LogP contribution in [0.4, 0.5) is 5.69 Å². The first-order chi connectivity index (χ1) is 10.6. The van der Waals surface area contributed by atoms with Gasteiger partial charge in [-0.25, -0.2) is 0 Å². The molecule has 0 fully saturated rings. The van der Waals surface area contributed by atoms with Crippen molar-refractivity contribution in [2.24, 2.45) is 16.0 Å². The number of hydrazone groups is 1. The average Bonchev–Trinajstić information content (AvgIpc) is 2.82. The first kappa shape index (κ1) is 16.2. The third kappa shape index (κ3) is 3.33. The molecule has 0 saturated heterocycles. The third-order valence-corrected chi connectivity index (χ3v) is 3.52. The molecular formula is C16H21N3O3. The average molecular weight is 303 g/mol. The van der Waals surface area contributed by atoms with E-state index >= 15 is 0 Å². The SMILES string of the molecule is COCCN=C(C)[C@H]1C(=O)N(c2ccc(OC)cc2)N=C1C. The molecule has 1 aromatic carbocycles. The summed E-state index contributed by atoms with van der Waals surface area (Å²) in [6, 6.07) is 7.24. The second-order valence-electron chi connectivity index (χ2n) is 5.04. The van der Waals surface area contributed by atoms with Crippen molar-refractivity contribution in [3.05, 3.63) is 24.3 Å². The van der Waals surface area contributed by atoms with Crippen LogP contribution in [0.25, 0.3) is 0 Å². The van der Waals surface area contributed by atoms with Gasteiger partial charge in [-0.1, -0.05) is 0 Å². The molecule has 118 valence electrons. The second-order valence-corrected chi connectivity index (χ2v) is 5.04. The Kier molecular flexibility index (Phi) is 5.27. The Morgan fingerprint density at radius 2 is 2.00 bits per heavy atom. The maximum atomic E-state index is 12.6. The third-order valence-electron chi connectivity index (χ3n) is 3.52. The van der Waals surface area contributed by atoms with Gasteiger partial charge < -0.3 is 9.47 Å². The molecule has 0 bridgehead atoms. The summed E-state index contributed by atoms with van der Waals surface area (Å²) < 4.78 is 10.1. The largest absolute Gasteiger partial charge is 0.497 e. The number of rotatable bonds is 6. The van der Waals surface area contributed by atoms with Crippen molar-refractivity contribution >= 4 is 23.0 Å². The normalized spacial score (nSPS) is 18.6. The number of benzene rings is 1. The van der Waals surface area contributed by atoms with Gasteiger partial charge in [-0.15, -0.1) is 0 Å². The monoisotopic (exact) mass is 303 g/mol. The molecule has 0 N–H and O–H groups in total. The minimum absolute atomic E-state index is 0.0821. The standard InChI is InChI=1S/C16H21N3O3/c1-11(17-9-10-21-3)15-12(2)18-19(16(15)20)13-5-7-14(22-4)8-6-13/h5-8,15H,9-10H2,1-4H3/t15-/m1/s1. The van der Waals surface area contributed by atoms with Crippen molar-refractivity contribution < 1.29 is 14.3 Å². The van der Waals surface area contributed by atoms with Gasteiger partial charge >= 0.3 is 0 Å². The van der Waals surface area contributed by atoms with Crippen molar-refractivity contribution in [3.8, 4) is 5.75 Å². The van der Waals surface area contributed by atoms with Crippen LogP contribution in [0.1, 0.15) is 13.8 Å². The molecule has 2 rings (SSSR count). The minimum Gasteiger partial charge on any atom is -0.497 e. The van der Waals surface area contributed by atoms with E-state index in [-0.39, 0.29) is 11.8 Å². The van der Waals surface area contributed by atoms with E-state index in [0.717, 1.165) is 22.9 Å². The van der Waals surface area contributed by atoms with Crippen LogP contribution >= 0.6 is 0 Å². The predicted molar refractivity (Wildman–Crippen MR) is 86.9 cm³/mol. The minimum atomic E-state index is -0.390. The van der Waals surface area contributed by atoms with Gasteiger partial charge in [0.15, 0.2) is 0 Å². The highest BCUT2D eigenvalue weighted by molar-refractivity contribution is 6.27. The summed E-state index contributed by atoms with van der Waals surface area (Å²) >= 11 is 0. The fraction of sp³-hybridized carbons (Fsp3) is 0.438. The summed E-state index contributed by atoms with van der Waals surface area (Å²) in [5.74, 6) is 0.269. The Morgan fingerprint density at radius 3 is 2.59 bits per heavy atom. The summed E-state index contributed by atoms with van der Waals surface area (Å²) in [6.45, 7) is 4.79. The van der Waals surface area contributed by atoms with E-state index in [1.165, 1.54) is 5.01 Å². The molecule has 1 aliphatic rings. The van der Waals surface area contributed by atoms with E-state index in [1.807, 2.05) is 26.0 Å². The van der Waals surface area contributed by atoms with Gasteiger partial charge in [-0.05, 0) is 38.1 Å². The number of hydrogen-bond acceptors (Lipinski definition) is 5. The number of carbonyl (C=O) groups excluding carboxylic acids is 1. The van der Waals surface area contributed by atoms with Gasteiger partial charge in [-0.3, -0.25) is 9.79 Å². The topological polar surface area (TPSA) is 63.5 Å². The quantitative estimate of drug-likeness (QED) is 0.597. The highest BCUT2D eigenvalue weighted by atomic mass is 16.5. The van der Waals surface area contributed by atoms with Crippen LogP contribution in [0.3, 0.4) is 0 Å². The summed E-state index contributed by atoms with van der Waals surface area (Å²) in [5.41, 5.74) is 2.23. The molecule has 0 aliphatic carbocycles. The van der Waals surface area contributed by atoms with E-state index in [2.05, 4.69) is 10.1 Å². The summed E-state index contributed by atoms with van der Waals surface area (Å²) in [6.07, 6.45) is 0. The summed E-state index contributed by atoms with van der Waals surface area (Å²) in [4.78, 5) is 17.0. The van der Waals surface area contributed by atoms with Crippen LogP contribution in [-0.4, -0.2) is 44.7 Å². The molecule has 6 heteroatoms. The van der Waals surface area contributed by atoms with Crippen LogP contribution in [0.2, 0.25) is 0 Å². The molecular weight excluding hydrogens is 282 g/mol. The van der Waals surface area contributed by atoms with Gasteiger partial charge in [0.05, 0.1) is 31.7 Å². The fourth-order valence-electron chi connectivity index (χ4n) is 2.36. The molecule has 1 atom stereocenters. The molecule has 0 radical (unpaired) electrons. The molecule has 1 aliphatic heterocycles. The number of anilines is 1. The first-order valence-corrected chi connectivity index (χ1v) is 7.11. The molecule has 0 spiro atoms. The predicted octanol–water partition coefficient (Wildman–Crippen LogP) is 2.14. The Balaban J connectivity index is 2.17. The zero-order chi connectivity index (χ0) is 16.1. The Morgan fingerprint density at radius 1 is 1.32 bits per heavy atom. The molecule has 22 heavy (non-hydrogen) atoms. The van der Waals surface area contributed by atoms with Gasteiger partial charge in [0.2, 0.25) is 0 Å². The summed E-state index contributed by atoms with van der Waals surface area (Å²) in [5, 5.41) is 5.80. The molecule has 0 unspecified atom stereocenters. The van der Waals surface area contributed by atoms with Gasteiger partial charge in [0.1, 0.15) is 11.7 Å². The van der Waals surface area contributed by atoms with Crippen LogP contribution in [0, 0.1) is 5.92 Å². The Hall–Kier alpha value is -2.21. The lowest BCUT2D eigenvalue weighted by Crippen LogP contribution is -2.31. The van der Waals surface area contributed by atoms with Gasteiger partial charge in [-0.2, -0.15) is 10.1 Å². The number of hydrogen-bond donors (Lipinski definition) is 0. The van der Waals surface area contributed by atoms with Crippen LogP contribution < -0.4 is 9.75 Å². The van der Waals surface area contributed by atoms with Gasteiger partial charge in [0.25, 0.3) is 5.91 Å². The lowest BCUT2D eigenvalue weighted by atomic mass is 9.99. The first-order valence-electron chi connectivity index (χ1n) is 7.11. The van der Waals surface area contributed by atoms with Crippen molar-refractivity contribution in [2.45, 2.75) is 13.8 Å². The van der Waals surface area contributed by atoms with E-state index in [0.29, 0.717) is 13.2 Å². The fourth-order valence-corrected chi connectivity index (χ4v) is 2.36. The molecule has 0 aromatic heterocycles. The lowest BCUT2D eigenvalue weighted by Gasteiger charge is -2.14. The second kappa shape index (κ2) is 7.17. The molecule has 1 heterocycles. The maximum absolute atomic E-state index is 12.6. The van der Waals surface area contributed by atoms with E-state index in [9.17, 15) is 4.79 Å². The van der Waals surface area contributed by atoms with Gasteiger partial charge in [0, 0.05) is 12.8 Å². The Bertz CT molecular complexity index is 593. The lowest BCUT2D eigenvalue weighted by molar-refractivity contribution is -0.118. The number of amides is 1. The summed E-state index contributed by atoms with van der Waals surface area (Å²) in [7, 11) is 3.23.